The Morgan fingerprint density at radius 1 is 1.46 bits per heavy atom. The Balaban J connectivity index is 2.90. The SMILES string of the molecule is CS(=O)(=O)Cc1cccc(NO)c1. The fourth-order valence-corrected chi connectivity index (χ4v) is 1.82. The molecule has 0 spiro atoms. The Morgan fingerprint density at radius 2 is 2.15 bits per heavy atom. The highest BCUT2D eigenvalue weighted by atomic mass is 32.2. The van der Waals surface area contributed by atoms with Gasteiger partial charge in [0.25, 0.3) is 0 Å². The van der Waals surface area contributed by atoms with Gasteiger partial charge in [-0.1, -0.05) is 12.1 Å². The lowest BCUT2D eigenvalue weighted by atomic mass is 10.2. The van der Waals surface area contributed by atoms with Crippen molar-refractivity contribution in [2.75, 3.05) is 11.7 Å². The highest BCUT2D eigenvalue weighted by molar-refractivity contribution is 7.89. The molecular weight excluding hydrogens is 190 g/mol. The first-order valence-corrected chi connectivity index (χ1v) is 5.74. The second kappa shape index (κ2) is 3.76. The smallest absolute Gasteiger partial charge is 0.151 e. The van der Waals surface area contributed by atoms with Crippen LogP contribution in [0, 0.1) is 0 Å². The van der Waals surface area contributed by atoms with Crippen LogP contribution in [0.1, 0.15) is 5.56 Å². The second-order valence-electron chi connectivity index (χ2n) is 2.88. The molecule has 13 heavy (non-hydrogen) atoms. The van der Waals surface area contributed by atoms with Crippen LogP contribution < -0.4 is 5.48 Å². The largest absolute Gasteiger partial charge is 0.291 e. The van der Waals surface area contributed by atoms with E-state index in [0.29, 0.717) is 11.3 Å². The molecule has 0 radical (unpaired) electrons. The molecule has 0 heterocycles. The van der Waals surface area contributed by atoms with Crippen LogP contribution in [0.15, 0.2) is 24.3 Å². The zero-order valence-electron chi connectivity index (χ0n) is 7.19. The average molecular weight is 201 g/mol. The molecule has 0 bridgehead atoms. The molecule has 0 aliphatic rings. The first kappa shape index (κ1) is 10.0. The summed E-state index contributed by atoms with van der Waals surface area (Å²) in [6.07, 6.45) is 1.17. The Hall–Kier alpha value is -1.07. The fraction of sp³-hybridized carbons (Fsp3) is 0.250. The van der Waals surface area contributed by atoms with Crippen LogP contribution >= 0.6 is 0 Å². The van der Waals surface area contributed by atoms with Crippen molar-refractivity contribution in [1.29, 1.82) is 0 Å². The Bertz CT molecular complexity index is 386. The minimum Gasteiger partial charge on any atom is -0.291 e. The maximum Gasteiger partial charge on any atom is 0.151 e. The number of hydrogen-bond donors (Lipinski definition) is 2. The summed E-state index contributed by atoms with van der Waals surface area (Å²) in [4.78, 5) is 0. The molecule has 0 amide bonds. The van der Waals surface area contributed by atoms with Gasteiger partial charge in [0.05, 0.1) is 11.4 Å². The molecule has 0 unspecified atom stereocenters. The third kappa shape index (κ3) is 3.43. The first-order valence-electron chi connectivity index (χ1n) is 3.68. The van der Waals surface area contributed by atoms with Gasteiger partial charge in [-0.2, -0.15) is 0 Å². The van der Waals surface area contributed by atoms with E-state index in [1.54, 1.807) is 24.3 Å². The molecule has 2 N–H and O–H groups in total. The lowest BCUT2D eigenvalue weighted by Gasteiger charge is -2.02. The molecule has 4 nitrogen and oxygen atoms in total. The summed E-state index contributed by atoms with van der Waals surface area (Å²) in [5, 5.41) is 8.56. The van der Waals surface area contributed by atoms with E-state index < -0.39 is 9.84 Å². The first-order chi connectivity index (χ1) is 6.01. The highest BCUT2D eigenvalue weighted by Gasteiger charge is 2.04. The van der Waals surface area contributed by atoms with E-state index in [1.807, 2.05) is 5.48 Å². The van der Waals surface area contributed by atoms with Gasteiger partial charge < -0.3 is 0 Å². The number of benzene rings is 1. The number of sulfone groups is 1. The minimum absolute atomic E-state index is 0.0114. The van der Waals surface area contributed by atoms with Crippen molar-refractivity contribution < 1.29 is 13.6 Å². The number of hydrogen-bond acceptors (Lipinski definition) is 4. The van der Waals surface area contributed by atoms with E-state index in [1.165, 1.54) is 6.26 Å². The van der Waals surface area contributed by atoms with E-state index >= 15 is 0 Å². The molecular formula is C8H11NO3S. The van der Waals surface area contributed by atoms with Crippen molar-refractivity contribution in [3.8, 4) is 0 Å². The monoisotopic (exact) mass is 201 g/mol. The summed E-state index contributed by atoms with van der Waals surface area (Å²) in [7, 11) is -3.01. The molecule has 72 valence electrons. The van der Waals surface area contributed by atoms with Gasteiger partial charge in [0.2, 0.25) is 0 Å². The normalized spacial score (nSPS) is 11.2. The van der Waals surface area contributed by atoms with Crippen LogP contribution in [-0.2, 0) is 15.6 Å². The van der Waals surface area contributed by atoms with Crippen molar-refractivity contribution in [1.82, 2.24) is 0 Å². The van der Waals surface area contributed by atoms with Gasteiger partial charge in [-0.25, -0.2) is 8.42 Å². The summed E-state index contributed by atoms with van der Waals surface area (Å²) in [5.74, 6) is -0.0114. The van der Waals surface area contributed by atoms with Crippen LogP contribution in [0.2, 0.25) is 0 Å². The topological polar surface area (TPSA) is 66.4 Å². The second-order valence-corrected chi connectivity index (χ2v) is 5.02. The lowest BCUT2D eigenvalue weighted by molar-refractivity contribution is 0.389. The average Bonchev–Trinajstić information content (AvgIpc) is 2.01. The van der Waals surface area contributed by atoms with Gasteiger partial charge in [0.1, 0.15) is 0 Å². The standard InChI is InChI=1S/C8H11NO3S/c1-13(11,12)6-7-3-2-4-8(5-7)9-10/h2-5,9-10H,6H2,1H3. The highest BCUT2D eigenvalue weighted by Crippen LogP contribution is 2.11. The van der Waals surface area contributed by atoms with Gasteiger partial charge in [0, 0.05) is 6.26 Å². The van der Waals surface area contributed by atoms with E-state index in [-0.39, 0.29) is 5.75 Å². The van der Waals surface area contributed by atoms with Gasteiger partial charge in [-0.3, -0.25) is 10.7 Å². The molecule has 0 saturated heterocycles. The van der Waals surface area contributed by atoms with Crippen LogP contribution in [-0.4, -0.2) is 19.9 Å². The minimum atomic E-state index is -3.01. The summed E-state index contributed by atoms with van der Waals surface area (Å²) in [5.41, 5.74) is 3.10. The van der Waals surface area contributed by atoms with Gasteiger partial charge in [-0.05, 0) is 17.7 Å². The van der Waals surface area contributed by atoms with Gasteiger partial charge in [0.15, 0.2) is 9.84 Å². The zero-order valence-corrected chi connectivity index (χ0v) is 8.00. The molecule has 5 heteroatoms. The van der Waals surface area contributed by atoms with Crippen LogP contribution in [0.25, 0.3) is 0 Å². The fourth-order valence-electron chi connectivity index (χ4n) is 1.03. The van der Waals surface area contributed by atoms with Crippen molar-refractivity contribution in [3.05, 3.63) is 29.8 Å². The number of nitrogens with one attached hydrogen (secondary N) is 1. The van der Waals surface area contributed by atoms with Gasteiger partial charge >= 0.3 is 0 Å². The van der Waals surface area contributed by atoms with Crippen LogP contribution in [0.5, 0.6) is 0 Å². The quantitative estimate of drug-likeness (QED) is 0.717. The molecule has 0 fully saturated rings. The summed E-state index contributed by atoms with van der Waals surface area (Å²) >= 11 is 0. The Morgan fingerprint density at radius 3 is 2.69 bits per heavy atom. The zero-order chi connectivity index (χ0) is 9.90. The Kier molecular flexibility index (Phi) is 2.90. The third-order valence-electron chi connectivity index (χ3n) is 1.48. The molecule has 0 aliphatic carbocycles. The molecule has 1 rings (SSSR count). The molecule has 0 saturated carbocycles. The van der Waals surface area contributed by atoms with E-state index in [2.05, 4.69) is 0 Å². The molecule has 1 aromatic carbocycles. The van der Waals surface area contributed by atoms with Crippen molar-refractivity contribution >= 4 is 15.5 Å². The number of rotatable bonds is 3. The van der Waals surface area contributed by atoms with E-state index in [0.717, 1.165) is 0 Å². The third-order valence-corrected chi connectivity index (χ3v) is 2.34. The van der Waals surface area contributed by atoms with Crippen molar-refractivity contribution in [3.63, 3.8) is 0 Å². The van der Waals surface area contributed by atoms with Crippen LogP contribution in [0.3, 0.4) is 0 Å². The van der Waals surface area contributed by atoms with Crippen molar-refractivity contribution in [2.24, 2.45) is 0 Å². The summed E-state index contributed by atoms with van der Waals surface area (Å²) in [6, 6.07) is 6.60. The van der Waals surface area contributed by atoms with Crippen LogP contribution in [0.4, 0.5) is 5.69 Å². The maximum atomic E-state index is 10.9. The predicted molar refractivity (Wildman–Crippen MR) is 50.4 cm³/mol. The predicted octanol–water partition coefficient (Wildman–Crippen LogP) is 1.03. The molecule has 0 aliphatic heterocycles. The van der Waals surface area contributed by atoms with Crippen molar-refractivity contribution in [2.45, 2.75) is 5.75 Å². The summed E-state index contributed by atoms with van der Waals surface area (Å²) in [6.45, 7) is 0. The molecule has 0 aromatic heterocycles. The Labute approximate surface area is 77.1 Å². The van der Waals surface area contributed by atoms with E-state index in [4.69, 9.17) is 5.21 Å². The summed E-state index contributed by atoms with van der Waals surface area (Å²) < 4.78 is 21.8. The molecule has 1 aromatic rings. The molecule has 0 atom stereocenters. The maximum absolute atomic E-state index is 10.9. The lowest BCUT2D eigenvalue weighted by Crippen LogP contribution is -2.01. The van der Waals surface area contributed by atoms with Gasteiger partial charge in [-0.15, -0.1) is 0 Å². The van der Waals surface area contributed by atoms with E-state index in [9.17, 15) is 8.42 Å². The number of anilines is 1.